The third-order valence-corrected chi connectivity index (χ3v) is 6.66. The van der Waals surface area contributed by atoms with Gasteiger partial charge in [-0.05, 0) is 35.9 Å². The van der Waals surface area contributed by atoms with Gasteiger partial charge in [0.1, 0.15) is 22.6 Å². The molecule has 0 fully saturated rings. The summed E-state index contributed by atoms with van der Waals surface area (Å²) >= 11 is 23.6. The van der Waals surface area contributed by atoms with Crippen LogP contribution in [0.4, 0.5) is 5.69 Å². The van der Waals surface area contributed by atoms with Crippen molar-refractivity contribution in [2.75, 3.05) is 26.4 Å². The molecule has 0 aliphatic heterocycles. The highest BCUT2D eigenvalue weighted by atomic mass is 35.5. The summed E-state index contributed by atoms with van der Waals surface area (Å²) in [6.45, 7) is 0.166. The third-order valence-electron chi connectivity index (χ3n) is 5.79. The number of carbonyl (C=O) groups is 1. The zero-order valence-corrected chi connectivity index (χ0v) is 24.9. The van der Waals surface area contributed by atoms with Crippen molar-refractivity contribution in [1.29, 1.82) is 0 Å². The van der Waals surface area contributed by atoms with Gasteiger partial charge in [-0.2, -0.15) is 0 Å². The van der Waals surface area contributed by atoms with Gasteiger partial charge in [0.05, 0.1) is 34.1 Å². The van der Waals surface area contributed by atoms with E-state index in [0.717, 1.165) is 0 Å². The number of halogens is 4. The Morgan fingerprint density at radius 3 is 2.17 bits per heavy atom. The van der Waals surface area contributed by atoms with Gasteiger partial charge in [0, 0.05) is 47.6 Å². The molecule has 1 atom stereocenters. The summed E-state index contributed by atoms with van der Waals surface area (Å²) in [4.78, 5) is 34.0. The fourth-order valence-electron chi connectivity index (χ4n) is 3.82. The minimum atomic E-state index is -0.818. The molecule has 0 spiro atoms. The number of ether oxygens (including phenoxy) is 3. The number of nitro benzene ring substituents is 1. The monoisotopic (exact) mass is 656 g/mol. The molecule has 42 heavy (non-hydrogen) atoms. The number of nitro groups is 2. The molecular formula is C28H24Cl4N2O8. The molecule has 0 aromatic heterocycles. The number of carbonyl (C=O) groups excluding carboxylic acids is 1. The second-order valence-electron chi connectivity index (χ2n) is 8.79. The predicted molar refractivity (Wildman–Crippen MR) is 160 cm³/mol. The molecule has 14 heteroatoms. The maximum absolute atomic E-state index is 12.9. The first kappa shape index (κ1) is 32.9. The molecule has 10 nitrogen and oxygen atoms in total. The zero-order chi connectivity index (χ0) is 30.6. The predicted octanol–water partition coefficient (Wildman–Crippen LogP) is 8.08. The number of hydrogen-bond acceptors (Lipinski definition) is 8. The van der Waals surface area contributed by atoms with E-state index < -0.39 is 22.3 Å². The Morgan fingerprint density at radius 2 is 1.55 bits per heavy atom. The number of Topliss-reactive ketones (excluding diaryl/α,β-unsaturated/α-hetero) is 1. The summed E-state index contributed by atoms with van der Waals surface area (Å²) in [5.41, 5.74) is 0.494. The van der Waals surface area contributed by atoms with Crippen molar-refractivity contribution in [2.24, 2.45) is 0 Å². The van der Waals surface area contributed by atoms with Crippen LogP contribution in [0.5, 0.6) is 17.2 Å². The van der Waals surface area contributed by atoms with E-state index in [1.54, 1.807) is 42.5 Å². The van der Waals surface area contributed by atoms with Gasteiger partial charge in [0.25, 0.3) is 5.69 Å². The molecule has 0 amide bonds. The molecule has 0 heterocycles. The van der Waals surface area contributed by atoms with Gasteiger partial charge in [-0.15, -0.1) is 0 Å². The van der Waals surface area contributed by atoms with E-state index in [1.165, 1.54) is 24.3 Å². The van der Waals surface area contributed by atoms with E-state index in [-0.39, 0.29) is 45.6 Å². The smallest absolute Gasteiger partial charge is 0.269 e. The number of non-ortho nitro benzene ring substituents is 1. The summed E-state index contributed by atoms with van der Waals surface area (Å²) in [6, 6.07) is 15.0. The second kappa shape index (κ2) is 16.2. The van der Waals surface area contributed by atoms with Crippen LogP contribution in [0.2, 0.25) is 10.0 Å². The van der Waals surface area contributed by atoms with Crippen LogP contribution in [0.1, 0.15) is 34.7 Å². The summed E-state index contributed by atoms with van der Waals surface area (Å²) in [6.07, 6.45) is 1.78. The van der Waals surface area contributed by atoms with Gasteiger partial charge in [0.15, 0.2) is 11.5 Å². The first-order chi connectivity index (χ1) is 20.0. The number of nitrogens with zero attached hydrogens (tertiary/aromatic N) is 2. The number of hydrogen-bond donors (Lipinski definition) is 0. The average molecular weight is 658 g/mol. The van der Waals surface area contributed by atoms with Crippen LogP contribution < -0.4 is 14.2 Å². The van der Waals surface area contributed by atoms with Crippen molar-refractivity contribution in [3.05, 3.63) is 113 Å². The number of benzene rings is 3. The maximum Gasteiger partial charge on any atom is 0.269 e. The van der Waals surface area contributed by atoms with E-state index in [9.17, 15) is 25.0 Å². The molecule has 0 aliphatic carbocycles. The minimum absolute atomic E-state index is 0.0811. The summed E-state index contributed by atoms with van der Waals surface area (Å²) < 4.78 is 16.9. The molecule has 0 aliphatic rings. The molecule has 0 saturated heterocycles. The Balaban J connectivity index is 1.50. The van der Waals surface area contributed by atoms with Gasteiger partial charge in [0.2, 0.25) is 6.54 Å². The number of rotatable bonds is 16. The van der Waals surface area contributed by atoms with Crippen molar-refractivity contribution in [1.82, 2.24) is 0 Å². The van der Waals surface area contributed by atoms with E-state index in [1.807, 2.05) is 0 Å². The van der Waals surface area contributed by atoms with E-state index in [0.29, 0.717) is 41.4 Å². The van der Waals surface area contributed by atoms with E-state index in [4.69, 9.17) is 60.6 Å². The maximum atomic E-state index is 12.9. The Kier molecular flexibility index (Phi) is 12.7. The van der Waals surface area contributed by atoms with Gasteiger partial charge >= 0.3 is 0 Å². The SMILES string of the molecule is O=C(CC(C[N+](=O)[O-])c1cccc([N+](=O)[O-])c1)c1ccc(OCCCOc2c(Cl)cc(OCC=C(Cl)Cl)cc2Cl)cc1. The minimum Gasteiger partial charge on any atom is -0.493 e. The lowest BCUT2D eigenvalue weighted by atomic mass is 9.91. The van der Waals surface area contributed by atoms with Crippen LogP contribution in [0, 0.1) is 20.2 Å². The molecule has 0 saturated carbocycles. The van der Waals surface area contributed by atoms with Gasteiger partial charge < -0.3 is 14.2 Å². The van der Waals surface area contributed by atoms with Gasteiger partial charge in [-0.1, -0.05) is 58.5 Å². The topological polar surface area (TPSA) is 131 Å². The molecule has 0 bridgehead atoms. The van der Waals surface area contributed by atoms with Gasteiger partial charge in [-0.25, -0.2) is 0 Å². The summed E-state index contributed by atoms with van der Waals surface area (Å²) in [5.74, 6) is 0.0838. The van der Waals surface area contributed by atoms with Crippen LogP contribution in [-0.2, 0) is 0 Å². The first-order valence-corrected chi connectivity index (χ1v) is 13.9. The largest absolute Gasteiger partial charge is 0.493 e. The van der Waals surface area contributed by atoms with Crippen molar-refractivity contribution in [3.8, 4) is 17.2 Å². The van der Waals surface area contributed by atoms with E-state index >= 15 is 0 Å². The Bertz CT molecular complexity index is 1420. The molecule has 3 rings (SSSR count). The lowest BCUT2D eigenvalue weighted by molar-refractivity contribution is -0.483. The molecule has 222 valence electrons. The molecule has 3 aromatic carbocycles. The Morgan fingerprint density at radius 1 is 0.881 bits per heavy atom. The van der Waals surface area contributed by atoms with E-state index in [2.05, 4.69) is 0 Å². The van der Waals surface area contributed by atoms with Crippen molar-refractivity contribution >= 4 is 57.9 Å². The molecule has 1 unspecified atom stereocenters. The molecule has 0 radical (unpaired) electrons. The highest BCUT2D eigenvalue weighted by Gasteiger charge is 2.24. The highest BCUT2D eigenvalue weighted by Crippen LogP contribution is 2.37. The van der Waals surface area contributed by atoms with Crippen molar-refractivity contribution in [3.63, 3.8) is 0 Å². The van der Waals surface area contributed by atoms with Gasteiger partial charge in [-0.3, -0.25) is 25.0 Å². The molecule has 0 N–H and O–H groups in total. The van der Waals surface area contributed by atoms with Crippen molar-refractivity contribution in [2.45, 2.75) is 18.8 Å². The standard InChI is InChI=1S/C28H24Cl4N2O8/c29-24-15-23(41-12-9-27(31)32)16-25(30)28(24)42-11-2-10-40-22-7-5-18(6-8-22)26(35)14-20(17-33(36)37)19-3-1-4-21(13-19)34(38)39/h1,3-9,13,15-16,20H,2,10-12,14,17H2. The number of ketones is 1. The van der Waals surface area contributed by atoms with Crippen LogP contribution >= 0.6 is 46.4 Å². The van der Waals surface area contributed by atoms with Crippen LogP contribution in [-0.4, -0.2) is 42.0 Å². The third kappa shape index (κ3) is 10.4. The molecule has 3 aromatic rings. The summed E-state index contributed by atoms with van der Waals surface area (Å²) in [7, 11) is 0. The molecular weight excluding hydrogens is 634 g/mol. The quantitative estimate of drug-likeness (QED) is 0.0654. The van der Waals surface area contributed by atoms with Crippen molar-refractivity contribution < 1.29 is 28.9 Å². The van der Waals surface area contributed by atoms with Crippen LogP contribution in [0.3, 0.4) is 0 Å². The Labute approximate surface area is 261 Å². The average Bonchev–Trinajstić information content (AvgIpc) is 2.93. The fourth-order valence-corrected chi connectivity index (χ4v) is 4.52. The second-order valence-corrected chi connectivity index (χ2v) is 10.6. The Hall–Kier alpha value is -3.57. The fraction of sp³-hybridized carbons (Fsp3) is 0.250. The highest BCUT2D eigenvalue weighted by molar-refractivity contribution is 6.55. The van der Waals surface area contributed by atoms with Crippen LogP contribution in [0.15, 0.2) is 71.2 Å². The first-order valence-electron chi connectivity index (χ1n) is 12.4. The zero-order valence-electron chi connectivity index (χ0n) is 21.8. The lowest BCUT2D eigenvalue weighted by Crippen LogP contribution is -2.17. The summed E-state index contributed by atoms with van der Waals surface area (Å²) in [5, 5.41) is 22.8. The normalized spacial score (nSPS) is 11.3. The van der Waals surface area contributed by atoms with Crippen LogP contribution in [0.25, 0.3) is 0 Å². The lowest BCUT2D eigenvalue weighted by Gasteiger charge is -2.13.